The number of likely N-dealkylation sites (N-methyl/N-ethyl adjacent to an activating group) is 1. The lowest BCUT2D eigenvalue weighted by Gasteiger charge is -2.23. The minimum Gasteiger partial charge on any atom is -0.491 e. The van der Waals surface area contributed by atoms with E-state index in [2.05, 4.69) is 16.0 Å². The number of aliphatic hydroxyl groups is 1. The highest BCUT2D eigenvalue weighted by atomic mass is 16.5. The van der Waals surface area contributed by atoms with Gasteiger partial charge in [-0.25, -0.2) is 0 Å². The summed E-state index contributed by atoms with van der Waals surface area (Å²) in [5.41, 5.74) is 8.67. The van der Waals surface area contributed by atoms with Crippen LogP contribution in [0.4, 0.5) is 5.69 Å². The number of ether oxygens (including phenoxy) is 1. The Hall–Kier alpha value is -3.16. The molecule has 0 radical (unpaired) electrons. The third kappa shape index (κ3) is 5.13. The smallest absolute Gasteiger partial charge is 0.223 e. The topological polar surface area (TPSA) is 91.9 Å². The second-order valence-electron chi connectivity index (χ2n) is 8.02. The van der Waals surface area contributed by atoms with Gasteiger partial charge in [-0.05, 0) is 40.6 Å². The zero-order valence-electron chi connectivity index (χ0n) is 17.7. The molecule has 1 aliphatic heterocycles. The van der Waals surface area contributed by atoms with E-state index in [0.29, 0.717) is 37.5 Å². The average molecular weight is 421 g/mol. The predicted octanol–water partition coefficient (Wildman–Crippen LogP) is 2.39. The van der Waals surface area contributed by atoms with Crippen molar-refractivity contribution >= 4 is 22.4 Å². The van der Waals surface area contributed by atoms with Gasteiger partial charge in [-0.2, -0.15) is 0 Å². The molecule has 3 N–H and O–H groups in total. The van der Waals surface area contributed by atoms with Gasteiger partial charge >= 0.3 is 0 Å². The van der Waals surface area contributed by atoms with Crippen LogP contribution in [0.15, 0.2) is 54.9 Å². The Labute approximate surface area is 182 Å². The van der Waals surface area contributed by atoms with Crippen LogP contribution >= 0.6 is 0 Å². The molecule has 7 nitrogen and oxygen atoms in total. The number of nitrogen functional groups attached to an aromatic ring is 1. The fourth-order valence-corrected chi connectivity index (χ4v) is 3.83. The molecule has 0 aliphatic carbocycles. The molecule has 1 saturated heterocycles. The van der Waals surface area contributed by atoms with Gasteiger partial charge < -0.3 is 20.5 Å². The highest BCUT2D eigenvalue weighted by molar-refractivity contribution is 5.90. The van der Waals surface area contributed by atoms with E-state index < -0.39 is 6.10 Å². The van der Waals surface area contributed by atoms with Crippen molar-refractivity contribution < 1.29 is 14.6 Å². The molecule has 0 spiro atoms. The standard InChI is InChI=1S/C24H28N4O3/c1-27-10-11-28(9-7-24(27)30)15-20(29)16-31-21-5-4-17-2-3-18(12-19(17)13-21)22-14-26-8-6-23(22)25/h2-6,8,12-14,20,29H,7,9-11,15-16H2,1H3,(H2,25,26). The summed E-state index contributed by atoms with van der Waals surface area (Å²) >= 11 is 0. The Morgan fingerprint density at radius 1 is 1.13 bits per heavy atom. The first kappa shape index (κ1) is 21.1. The molecule has 7 heteroatoms. The lowest BCUT2D eigenvalue weighted by molar-refractivity contribution is -0.129. The van der Waals surface area contributed by atoms with Crippen molar-refractivity contribution in [2.75, 3.05) is 45.6 Å². The second-order valence-corrected chi connectivity index (χ2v) is 8.02. The van der Waals surface area contributed by atoms with Gasteiger partial charge in [0.05, 0.1) is 0 Å². The Morgan fingerprint density at radius 3 is 2.81 bits per heavy atom. The summed E-state index contributed by atoms with van der Waals surface area (Å²) in [5, 5.41) is 12.6. The van der Waals surface area contributed by atoms with Crippen molar-refractivity contribution in [2.45, 2.75) is 12.5 Å². The Kier molecular flexibility index (Phi) is 6.34. The van der Waals surface area contributed by atoms with Crippen LogP contribution in [-0.4, -0.2) is 71.7 Å². The van der Waals surface area contributed by atoms with Crippen molar-refractivity contribution in [1.82, 2.24) is 14.8 Å². The van der Waals surface area contributed by atoms with Gasteiger partial charge in [0.25, 0.3) is 0 Å². The van der Waals surface area contributed by atoms with Crippen LogP contribution in [0, 0.1) is 0 Å². The first-order chi connectivity index (χ1) is 15.0. The van der Waals surface area contributed by atoms with Crippen LogP contribution in [0.2, 0.25) is 0 Å². The summed E-state index contributed by atoms with van der Waals surface area (Å²) < 4.78 is 5.87. The van der Waals surface area contributed by atoms with Crippen LogP contribution in [-0.2, 0) is 4.79 Å². The normalized spacial score (nSPS) is 16.3. The third-order valence-electron chi connectivity index (χ3n) is 5.71. The number of pyridine rings is 1. The molecule has 31 heavy (non-hydrogen) atoms. The Bertz CT molecular complexity index is 1070. The van der Waals surface area contributed by atoms with E-state index in [1.165, 1.54) is 0 Å². The number of fused-ring (bicyclic) bond motifs is 1. The highest BCUT2D eigenvalue weighted by Gasteiger charge is 2.20. The molecule has 3 aromatic rings. The summed E-state index contributed by atoms with van der Waals surface area (Å²) in [6.45, 7) is 2.78. The van der Waals surface area contributed by atoms with Crippen molar-refractivity contribution in [2.24, 2.45) is 0 Å². The van der Waals surface area contributed by atoms with Crippen LogP contribution in [0.3, 0.4) is 0 Å². The van der Waals surface area contributed by atoms with E-state index in [4.69, 9.17) is 10.5 Å². The van der Waals surface area contributed by atoms with Gasteiger partial charge in [0.1, 0.15) is 18.5 Å². The Balaban J connectivity index is 1.40. The molecule has 162 valence electrons. The molecule has 1 aromatic heterocycles. The van der Waals surface area contributed by atoms with Crippen LogP contribution in [0.1, 0.15) is 6.42 Å². The number of rotatable bonds is 6. The molecule has 0 saturated carbocycles. The number of nitrogens with zero attached hydrogens (tertiary/aromatic N) is 3. The molecule has 2 heterocycles. The fourth-order valence-electron chi connectivity index (χ4n) is 3.83. The Morgan fingerprint density at radius 2 is 1.97 bits per heavy atom. The van der Waals surface area contributed by atoms with E-state index in [1.807, 2.05) is 37.4 Å². The van der Waals surface area contributed by atoms with Gasteiger partial charge in [0.15, 0.2) is 0 Å². The number of aliphatic hydroxyl groups excluding tert-OH is 1. The van der Waals surface area contributed by atoms with Gasteiger partial charge in [-0.15, -0.1) is 0 Å². The number of carbonyl (C=O) groups excluding carboxylic acids is 1. The molecule has 1 atom stereocenters. The van der Waals surface area contributed by atoms with E-state index in [0.717, 1.165) is 28.4 Å². The molecule has 4 rings (SSSR count). The quantitative estimate of drug-likeness (QED) is 0.636. The van der Waals surface area contributed by atoms with Crippen LogP contribution < -0.4 is 10.5 Å². The highest BCUT2D eigenvalue weighted by Crippen LogP contribution is 2.29. The van der Waals surface area contributed by atoms with E-state index in [-0.39, 0.29) is 12.5 Å². The first-order valence-corrected chi connectivity index (χ1v) is 10.5. The molecule has 1 unspecified atom stereocenters. The average Bonchev–Trinajstić information content (AvgIpc) is 2.93. The van der Waals surface area contributed by atoms with Gasteiger partial charge in [0.2, 0.25) is 5.91 Å². The van der Waals surface area contributed by atoms with Gasteiger partial charge in [0, 0.05) is 63.3 Å². The molecule has 1 aliphatic rings. The molecular weight excluding hydrogens is 392 g/mol. The number of hydrogen-bond acceptors (Lipinski definition) is 6. The van der Waals surface area contributed by atoms with Gasteiger partial charge in [-0.3, -0.25) is 14.7 Å². The number of nitrogens with two attached hydrogens (primary N) is 1. The minimum atomic E-state index is -0.629. The molecule has 1 fully saturated rings. The summed E-state index contributed by atoms with van der Waals surface area (Å²) in [7, 11) is 1.82. The minimum absolute atomic E-state index is 0.150. The monoisotopic (exact) mass is 420 g/mol. The number of amides is 1. The largest absolute Gasteiger partial charge is 0.491 e. The zero-order chi connectivity index (χ0) is 21.8. The third-order valence-corrected chi connectivity index (χ3v) is 5.71. The maximum absolute atomic E-state index is 11.8. The maximum Gasteiger partial charge on any atom is 0.223 e. The number of β-amino-alcohol motifs (C(OH)–C–C–N with tert-alkyl or cyclic N) is 1. The van der Waals surface area contributed by atoms with Crippen molar-refractivity contribution in [3.8, 4) is 16.9 Å². The molecule has 2 aromatic carbocycles. The number of aromatic nitrogens is 1. The number of hydrogen-bond donors (Lipinski definition) is 2. The van der Waals surface area contributed by atoms with Crippen molar-refractivity contribution in [3.63, 3.8) is 0 Å². The number of anilines is 1. The van der Waals surface area contributed by atoms with Crippen LogP contribution in [0.5, 0.6) is 5.75 Å². The summed E-state index contributed by atoms with van der Waals surface area (Å²) in [6, 6.07) is 13.8. The molecular formula is C24H28N4O3. The van der Waals surface area contributed by atoms with E-state index in [1.54, 1.807) is 23.4 Å². The SMILES string of the molecule is CN1CCN(CC(O)COc2ccc3ccc(-c4cnccc4N)cc3c2)CCC1=O. The number of carbonyl (C=O) groups is 1. The fraction of sp³-hybridized carbons (Fsp3) is 0.333. The molecule has 0 bridgehead atoms. The maximum atomic E-state index is 11.8. The summed E-state index contributed by atoms with van der Waals surface area (Å²) in [6.07, 6.45) is 3.30. The first-order valence-electron chi connectivity index (χ1n) is 10.5. The predicted molar refractivity (Wildman–Crippen MR) is 122 cm³/mol. The summed E-state index contributed by atoms with van der Waals surface area (Å²) in [4.78, 5) is 19.8. The lowest BCUT2D eigenvalue weighted by atomic mass is 10.0. The van der Waals surface area contributed by atoms with Gasteiger partial charge in [-0.1, -0.05) is 18.2 Å². The van der Waals surface area contributed by atoms with E-state index in [9.17, 15) is 9.90 Å². The van der Waals surface area contributed by atoms with Crippen LogP contribution in [0.25, 0.3) is 21.9 Å². The number of benzene rings is 2. The lowest BCUT2D eigenvalue weighted by Crippen LogP contribution is -2.37. The van der Waals surface area contributed by atoms with Crippen molar-refractivity contribution in [1.29, 1.82) is 0 Å². The zero-order valence-corrected chi connectivity index (χ0v) is 17.7. The van der Waals surface area contributed by atoms with Crippen molar-refractivity contribution in [3.05, 3.63) is 54.9 Å². The van der Waals surface area contributed by atoms with E-state index >= 15 is 0 Å². The second kappa shape index (κ2) is 9.32. The molecule has 1 amide bonds. The summed E-state index contributed by atoms with van der Waals surface area (Å²) in [5.74, 6) is 0.852.